The minimum atomic E-state index is -0.279. The summed E-state index contributed by atoms with van der Waals surface area (Å²) in [5, 5.41) is 0. The minimum absolute atomic E-state index is 0.279. The summed E-state index contributed by atoms with van der Waals surface area (Å²) in [5.41, 5.74) is 4.33. The van der Waals surface area contributed by atoms with Gasteiger partial charge in [0.05, 0.1) is 7.11 Å². The number of hydrogen-bond acceptors (Lipinski definition) is 4. The molecule has 0 aliphatic carbocycles. The minimum Gasteiger partial charge on any atom is -0.493 e. The molecule has 0 spiro atoms. The first kappa shape index (κ1) is 19.4. The van der Waals surface area contributed by atoms with Crippen molar-refractivity contribution < 1.29 is 14.3 Å². The molecule has 1 heterocycles. The quantitative estimate of drug-likeness (QED) is 0.427. The van der Waals surface area contributed by atoms with Crippen LogP contribution < -0.4 is 9.47 Å². The maximum Gasteiger partial charge on any atom is 0.311 e. The zero-order valence-electron chi connectivity index (χ0n) is 16.1. The highest BCUT2D eigenvalue weighted by Crippen LogP contribution is 2.29. The molecular weight excluding hydrogens is 350 g/mol. The Morgan fingerprint density at radius 3 is 2.36 bits per heavy atom. The predicted octanol–water partition coefficient (Wildman–Crippen LogP) is 5.11. The first-order chi connectivity index (χ1) is 13.6. The third kappa shape index (κ3) is 5.55. The third-order valence-corrected chi connectivity index (χ3v) is 4.32. The molecule has 0 radical (unpaired) electrons. The Morgan fingerprint density at radius 1 is 0.929 bits per heavy atom. The van der Waals surface area contributed by atoms with Gasteiger partial charge in [-0.05, 0) is 54.3 Å². The van der Waals surface area contributed by atoms with Gasteiger partial charge in [0.25, 0.3) is 0 Å². The summed E-state index contributed by atoms with van der Waals surface area (Å²) in [6.45, 7) is 2.04. The van der Waals surface area contributed by atoms with Gasteiger partial charge in [-0.15, -0.1) is 0 Å². The van der Waals surface area contributed by atoms with Gasteiger partial charge in [-0.3, -0.25) is 9.78 Å². The van der Waals surface area contributed by atoms with E-state index in [9.17, 15) is 4.79 Å². The van der Waals surface area contributed by atoms with Crippen molar-refractivity contribution in [2.24, 2.45) is 0 Å². The number of aryl methyl sites for hydroxylation is 2. The number of methoxy groups -OCH3 is 1. The molecule has 0 aliphatic rings. The number of carbonyl (C=O) groups is 1. The van der Waals surface area contributed by atoms with E-state index in [1.807, 2.05) is 67.6 Å². The van der Waals surface area contributed by atoms with E-state index in [1.54, 1.807) is 25.6 Å². The zero-order valence-corrected chi connectivity index (χ0v) is 16.1. The molecule has 142 valence electrons. The lowest BCUT2D eigenvalue weighted by Crippen LogP contribution is -2.10. The molecule has 3 aromatic rings. The smallest absolute Gasteiger partial charge is 0.311 e. The molecule has 0 aliphatic heterocycles. The van der Waals surface area contributed by atoms with Crippen molar-refractivity contribution in [3.8, 4) is 11.5 Å². The van der Waals surface area contributed by atoms with Crippen LogP contribution in [0, 0.1) is 6.92 Å². The number of hydrogen-bond donors (Lipinski definition) is 0. The summed E-state index contributed by atoms with van der Waals surface area (Å²) in [6.07, 6.45) is 8.42. The summed E-state index contributed by atoms with van der Waals surface area (Å²) < 4.78 is 10.9. The Kier molecular flexibility index (Phi) is 6.58. The topological polar surface area (TPSA) is 48.4 Å². The van der Waals surface area contributed by atoms with Crippen LogP contribution >= 0.6 is 0 Å². The van der Waals surface area contributed by atoms with Crippen LogP contribution in [0.25, 0.3) is 12.2 Å². The lowest BCUT2D eigenvalue weighted by Gasteiger charge is -2.10. The van der Waals surface area contributed by atoms with Gasteiger partial charge in [-0.25, -0.2) is 0 Å². The number of nitrogens with zero attached hydrogens (tertiary/aromatic N) is 1. The number of pyridine rings is 1. The van der Waals surface area contributed by atoms with Crippen LogP contribution in [0.3, 0.4) is 0 Å². The van der Waals surface area contributed by atoms with Crippen molar-refractivity contribution in [1.82, 2.24) is 4.98 Å². The maximum absolute atomic E-state index is 12.2. The van der Waals surface area contributed by atoms with Crippen LogP contribution in [0.2, 0.25) is 0 Å². The first-order valence-electron chi connectivity index (χ1n) is 9.16. The molecule has 0 bridgehead atoms. The molecule has 0 amide bonds. The Morgan fingerprint density at radius 2 is 1.64 bits per heavy atom. The zero-order chi connectivity index (χ0) is 19.8. The van der Waals surface area contributed by atoms with Gasteiger partial charge in [0, 0.05) is 18.8 Å². The van der Waals surface area contributed by atoms with Gasteiger partial charge in [0.1, 0.15) is 0 Å². The van der Waals surface area contributed by atoms with Gasteiger partial charge in [-0.1, -0.05) is 48.0 Å². The normalized spacial score (nSPS) is 10.8. The molecule has 1 aromatic heterocycles. The molecule has 0 atom stereocenters. The van der Waals surface area contributed by atoms with Crippen molar-refractivity contribution >= 4 is 18.1 Å². The number of ether oxygens (including phenoxy) is 2. The van der Waals surface area contributed by atoms with Crippen LogP contribution in [0.15, 0.2) is 67.0 Å². The molecule has 0 fully saturated rings. The van der Waals surface area contributed by atoms with Crippen molar-refractivity contribution in [2.75, 3.05) is 7.11 Å². The Balaban J connectivity index is 1.62. The highest BCUT2D eigenvalue weighted by Gasteiger charge is 2.11. The molecule has 28 heavy (non-hydrogen) atoms. The van der Waals surface area contributed by atoms with Crippen molar-refractivity contribution in [3.63, 3.8) is 0 Å². The highest BCUT2D eigenvalue weighted by molar-refractivity contribution is 5.75. The Hall–Kier alpha value is -3.40. The van der Waals surface area contributed by atoms with Crippen LogP contribution in [-0.4, -0.2) is 18.1 Å². The lowest BCUT2D eigenvalue weighted by molar-refractivity contribution is -0.134. The monoisotopic (exact) mass is 373 g/mol. The summed E-state index contributed by atoms with van der Waals surface area (Å²) in [7, 11) is 1.56. The van der Waals surface area contributed by atoms with E-state index in [-0.39, 0.29) is 5.97 Å². The van der Waals surface area contributed by atoms with Crippen molar-refractivity contribution in [1.29, 1.82) is 0 Å². The van der Waals surface area contributed by atoms with Gasteiger partial charge >= 0.3 is 5.97 Å². The summed E-state index contributed by atoms with van der Waals surface area (Å²) >= 11 is 0. The number of rotatable bonds is 7. The molecule has 4 nitrogen and oxygen atoms in total. The fourth-order valence-corrected chi connectivity index (χ4v) is 2.71. The van der Waals surface area contributed by atoms with Crippen LogP contribution in [-0.2, 0) is 11.2 Å². The van der Waals surface area contributed by atoms with Gasteiger partial charge in [-0.2, -0.15) is 0 Å². The molecule has 0 unspecified atom stereocenters. The standard InChI is InChI=1S/C24H23NO3/c1-18-3-5-19(6-4-18)10-12-24(26)28-22-11-9-21(17-23(22)27-2)8-7-20-13-15-25-16-14-20/h3-9,11,13-17H,10,12H2,1-2H3/b8-7+. The molecule has 0 saturated carbocycles. The van der Waals surface area contributed by atoms with E-state index in [1.165, 1.54) is 5.56 Å². The van der Waals surface area contributed by atoms with Gasteiger partial charge in [0.15, 0.2) is 11.5 Å². The SMILES string of the molecule is COc1cc(/C=C/c2ccncc2)ccc1OC(=O)CCc1ccc(C)cc1. The van der Waals surface area contributed by atoms with Crippen molar-refractivity contribution in [3.05, 3.63) is 89.2 Å². The molecule has 2 aromatic carbocycles. The first-order valence-corrected chi connectivity index (χ1v) is 9.16. The van der Waals surface area contributed by atoms with E-state index in [0.29, 0.717) is 24.3 Å². The average Bonchev–Trinajstić information content (AvgIpc) is 2.73. The fourth-order valence-electron chi connectivity index (χ4n) is 2.71. The van der Waals surface area contributed by atoms with E-state index < -0.39 is 0 Å². The van der Waals surface area contributed by atoms with E-state index in [4.69, 9.17) is 9.47 Å². The highest BCUT2D eigenvalue weighted by atomic mass is 16.6. The second-order valence-electron chi connectivity index (χ2n) is 6.48. The molecule has 0 N–H and O–H groups in total. The molecule has 4 heteroatoms. The number of benzene rings is 2. The Labute approximate surface area is 165 Å². The van der Waals surface area contributed by atoms with E-state index in [2.05, 4.69) is 4.98 Å². The summed E-state index contributed by atoms with van der Waals surface area (Å²) in [6, 6.07) is 17.5. The fraction of sp³-hybridized carbons (Fsp3) is 0.167. The summed E-state index contributed by atoms with van der Waals surface area (Å²) in [4.78, 5) is 16.2. The van der Waals surface area contributed by atoms with Crippen LogP contribution in [0.4, 0.5) is 0 Å². The van der Waals surface area contributed by atoms with Crippen LogP contribution in [0.1, 0.15) is 28.7 Å². The van der Waals surface area contributed by atoms with E-state index in [0.717, 1.165) is 16.7 Å². The maximum atomic E-state index is 12.2. The average molecular weight is 373 g/mol. The second kappa shape index (κ2) is 9.51. The summed E-state index contributed by atoms with van der Waals surface area (Å²) in [5.74, 6) is 0.678. The van der Waals surface area contributed by atoms with Gasteiger partial charge in [0.2, 0.25) is 0 Å². The number of esters is 1. The second-order valence-corrected chi connectivity index (χ2v) is 6.48. The largest absolute Gasteiger partial charge is 0.493 e. The van der Waals surface area contributed by atoms with E-state index >= 15 is 0 Å². The lowest BCUT2D eigenvalue weighted by atomic mass is 10.1. The van der Waals surface area contributed by atoms with Crippen LogP contribution in [0.5, 0.6) is 11.5 Å². The number of aromatic nitrogens is 1. The third-order valence-electron chi connectivity index (χ3n) is 4.32. The Bertz CT molecular complexity index is 947. The predicted molar refractivity (Wildman–Crippen MR) is 111 cm³/mol. The number of carbonyl (C=O) groups excluding carboxylic acids is 1. The molecular formula is C24H23NO3. The van der Waals surface area contributed by atoms with Crippen molar-refractivity contribution in [2.45, 2.75) is 19.8 Å². The molecule has 3 rings (SSSR count). The van der Waals surface area contributed by atoms with Gasteiger partial charge < -0.3 is 9.47 Å². The molecule has 0 saturated heterocycles.